The molecule has 1 N–H and O–H groups in total. The minimum absolute atomic E-state index is 0.0990. The smallest absolute Gasteiger partial charge is 0.120 e. The van der Waals surface area contributed by atoms with Crippen molar-refractivity contribution in [3.05, 3.63) is 0 Å². The highest BCUT2D eigenvalue weighted by Crippen LogP contribution is 2.49. The minimum Gasteiger partial charge on any atom is -0.390 e. The highest BCUT2D eigenvalue weighted by molar-refractivity contribution is 5.08. The molecule has 0 aromatic rings. The van der Waals surface area contributed by atoms with Crippen molar-refractivity contribution >= 4 is 0 Å². The normalized spacial score (nSPS) is 48.0. The lowest BCUT2D eigenvalue weighted by Gasteiger charge is -2.19. The Morgan fingerprint density at radius 1 is 1.60 bits per heavy atom. The molecule has 0 aromatic carbocycles. The maximum Gasteiger partial charge on any atom is 0.120 e. The number of hydrogen-bond acceptors (Lipinski definition) is 2. The zero-order valence-corrected chi connectivity index (χ0v) is 6.34. The van der Waals surface area contributed by atoms with E-state index in [-0.39, 0.29) is 11.7 Å². The van der Waals surface area contributed by atoms with Crippen LogP contribution < -0.4 is 0 Å². The van der Waals surface area contributed by atoms with Crippen LogP contribution in [0.1, 0.15) is 32.6 Å². The van der Waals surface area contributed by atoms with Gasteiger partial charge in [0.15, 0.2) is 0 Å². The number of aliphatic hydroxyl groups excluding tert-OH is 1. The van der Waals surface area contributed by atoms with Crippen LogP contribution in [0.25, 0.3) is 0 Å². The molecule has 0 radical (unpaired) electrons. The molecule has 10 heavy (non-hydrogen) atoms. The first-order valence-corrected chi connectivity index (χ1v) is 4.11. The van der Waals surface area contributed by atoms with Gasteiger partial charge in [-0.25, -0.2) is 0 Å². The fourth-order valence-electron chi connectivity index (χ4n) is 2.06. The summed E-state index contributed by atoms with van der Waals surface area (Å²) < 4.78 is 5.48. The van der Waals surface area contributed by atoms with Crippen LogP contribution in [0.15, 0.2) is 0 Å². The molecule has 0 amide bonds. The average Bonchev–Trinajstić information content (AvgIpc) is 2.61. The third kappa shape index (κ3) is 0.722. The van der Waals surface area contributed by atoms with Crippen molar-refractivity contribution in [2.45, 2.75) is 50.4 Å². The van der Waals surface area contributed by atoms with E-state index in [4.69, 9.17) is 4.74 Å². The summed E-state index contributed by atoms with van der Waals surface area (Å²) in [6.07, 6.45) is 4.85. The second kappa shape index (κ2) is 1.95. The van der Waals surface area contributed by atoms with Gasteiger partial charge in [0.05, 0.1) is 12.2 Å². The molecule has 1 saturated heterocycles. The molecular weight excluding hydrogens is 128 g/mol. The summed E-state index contributed by atoms with van der Waals surface area (Å²) in [6, 6.07) is 0. The first-order valence-electron chi connectivity index (χ1n) is 4.11. The van der Waals surface area contributed by atoms with Crippen molar-refractivity contribution in [3.8, 4) is 0 Å². The average molecular weight is 142 g/mol. The second-order valence-electron chi connectivity index (χ2n) is 3.48. The van der Waals surface area contributed by atoms with Crippen LogP contribution in [0, 0.1) is 0 Å². The standard InChI is InChI=1S/C8H14O2/c1-6(9)8-5-3-2-4-7(8)10-8/h6-7,9H,2-5H2,1H3/t6-,7?,8-/m0/s1. The molecule has 2 fully saturated rings. The van der Waals surface area contributed by atoms with E-state index in [0.29, 0.717) is 6.10 Å². The molecule has 58 valence electrons. The summed E-state index contributed by atoms with van der Waals surface area (Å²) in [5.41, 5.74) is -0.0990. The van der Waals surface area contributed by atoms with E-state index in [1.807, 2.05) is 6.92 Å². The molecule has 1 aliphatic heterocycles. The van der Waals surface area contributed by atoms with Crippen LogP contribution in [0.5, 0.6) is 0 Å². The SMILES string of the molecule is C[C@H](O)[C@@]12CCCCC1O2. The molecule has 2 rings (SSSR count). The number of rotatable bonds is 1. The lowest BCUT2D eigenvalue weighted by atomic mass is 9.86. The van der Waals surface area contributed by atoms with Gasteiger partial charge in [0.2, 0.25) is 0 Å². The van der Waals surface area contributed by atoms with Crippen molar-refractivity contribution in [2.24, 2.45) is 0 Å². The number of epoxide rings is 1. The summed E-state index contributed by atoms with van der Waals surface area (Å²) >= 11 is 0. The molecule has 2 heteroatoms. The maximum absolute atomic E-state index is 9.35. The largest absolute Gasteiger partial charge is 0.390 e. The Morgan fingerprint density at radius 2 is 2.40 bits per heavy atom. The van der Waals surface area contributed by atoms with Crippen molar-refractivity contribution in [2.75, 3.05) is 0 Å². The van der Waals surface area contributed by atoms with Gasteiger partial charge in [-0.3, -0.25) is 0 Å². The van der Waals surface area contributed by atoms with Gasteiger partial charge < -0.3 is 9.84 Å². The van der Waals surface area contributed by atoms with E-state index in [9.17, 15) is 5.11 Å². The van der Waals surface area contributed by atoms with E-state index >= 15 is 0 Å². The van der Waals surface area contributed by atoms with Gasteiger partial charge >= 0.3 is 0 Å². The summed E-state index contributed by atoms with van der Waals surface area (Å²) in [6.45, 7) is 1.84. The van der Waals surface area contributed by atoms with Crippen LogP contribution in [0.3, 0.4) is 0 Å². The Labute approximate surface area is 61.2 Å². The van der Waals surface area contributed by atoms with Crippen LogP contribution in [-0.2, 0) is 4.74 Å². The maximum atomic E-state index is 9.35. The van der Waals surface area contributed by atoms with Crippen molar-refractivity contribution in [3.63, 3.8) is 0 Å². The van der Waals surface area contributed by atoms with Gasteiger partial charge in [-0.15, -0.1) is 0 Å². The van der Waals surface area contributed by atoms with Crippen LogP contribution in [0.4, 0.5) is 0 Å². The van der Waals surface area contributed by atoms with Gasteiger partial charge in [0, 0.05) is 0 Å². The minimum atomic E-state index is -0.266. The first kappa shape index (κ1) is 6.62. The lowest BCUT2D eigenvalue weighted by molar-refractivity contribution is 0.0821. The molecule has 0 bridgehead atoms. The summed E-state index contributed by atoms with van der Waals surface area (Å²) in [7, 11) is 0. The predicted molar refractivity (Wildman–Crippen MR) is 37.8 cm³/mol. The highest BCUT2D eigenvalue weighted by Gasteiger charge is 2.60. The number of aliphatic hydroxyl groups is 1. The summed E-state index contributed by atoms with van der Waals surface area (Å²) in [5, 5.41) is 9.35. The molecule has 1 saturated carbocycles. The molecule has 0 spiro atoms. The molecule has 0 aromatic heterocycles. The second-order valence-corrected chi connectivity index (χ2v) is 3.48. The monoisotopic (exact) mass is 142 g/mol. The quantitative estimate of drug-likeness (QED) is 0.556. The Kier molecular flexibility index (Phi) is 1.29. The van der Waals surface area contributed by atoms with E-state index < -0.39 is 0 Å². The van der Waals surface area contributed by atoms with Crippen LogP contribution in [-0.4, -0.2) is 22.9 Å². The Morgan fingerprint density at radius 3 is 2.90 bits per heavy atom. The van der Waals surface area contributed by atoms with Gasteiger partial charge in [-0.1, -0.05) is 12.8 Å². The molecule has 1 unspecified atom stereocenters. The van der Waals surface area contributed by atoms with Gasteiger partial charge in [-0.2, -0.15) is 0 Å². The van der Waals surface area contributed by atoms with E-state index in [1.54, 1.807) is 0 Å². The number of hydrogen-bond donors (Lipinski definition) is 1. The number of fused-ring (bicyclic) bond motifs is 1. The van der Waals surface area contributed by atoms with Crippen LogP contribution >= 0.6 is 0 Å². The highest BCUT2D eigenvalue weighted by atomic mass is 16.6. The molecule has 2 nitrogen and oxygen atoms in total. The Balaban J connectivity index is 2.05. The third-order valence-corrected chi connectivity index (χ3v) is 2.84. The zero-order chi connectivity index (χ0) is 7.19. The van der Waals surface area contributed by atoms with Crippen molar-refractivity contribution in [1.29, 1.82) is 0 Å². The van der Waals surface area contributed by atoms with E-state index in [1.165, 1.54) is 12.8 Å². The molecular formula is C8H14O2. The Bertz CT molecular complexity index is 144. The van der Waals surface area contributed by atoms with Crippen molar-refractivity contribution < 1.29 is 9.84 Å². The fraction of sp³-hybridized carbons (Fsp3) is 1.00. The van der Waals surface area contributed by atoms with Gasteiger partial charge in [0.1, 0.15) is 5.60 Å². The molecule has 3 atom stereocenters. The summed E-state index contributed by atoms with van der Waals surface area (Å²) in [5.74, 6) is 0. The molecule has 2 aliphatic rings. The topological polar surface area (TPSA) is 32.8 Å². The molecule has 1 aliphatic carbocycles. The Hall–Kier alpha value is -0.0800. The summed E-state index contributed by atoms with van der Waals surface area (Å²) in [4.78, 5) is 0. The third-order valence-electron chi connectivity index (χ3n) is 2.84. The zero-order valence-electron chi connectivity index (χ0n) is 6.34. The van der Waals surface area contributed by atoms with E-state index in [2.05, 4.69) is 0 Å². The van der Waals surface area contributed by atoms with Gasteiger partial charge in [-0.05, 0) is 19.8 Å². The molecule has 1 heterocycles. The van der Waals surface area contributed by atoms with Crippen LogP contribution in [0.2, 0.25) is 0 Å². The fourth-order valence-corrected chi connectivity index (χ4v) is 2.06. The lowest BCUT2D eigenvalue weighted by Crippen LogP contribution is -2.31. The first-order chi connectivity index (χ1) is 4.76. The van der Waals surface area contributed by atoms with Gasteiger partial charge in [0.25, 0.3) is 0 Å². The van der Waals surface area contributed by atoms with Crippen molar-refractivity contribution in [1.82, 2.24) is 0 Å². The number of ether oxygens (including phenoxy) is 1. The predicted octanol–water partition coefficient (Wildman–Crippen LogP) is 1.08. The van der Waals surface area contributed by atoms with E-state index in [0.717, 1.165) is 12.8 Å².